The Balaban J connectivity index is 1.54. The van der Waals surface area contributed by atoms with Gasteiger partial charge in [0.05, 0.1) is 17.0 Å². The largest absolute Gasteiger partial charge is 0.345 e. The van der Waals surface area contributed by atoms with Crippen LogP contribution in [0, 0.1) is 12.8 Å². The number of hydrogen-bond acceptors (Lipinski definition) is 3. The van der Waals surface area contributed by atoms with E-state index in [4.69, 9.17) is 0 Å². The normalized spacial score (nSPS) is 20.1. The number of hydrogen-bond donors (Lipinski definition) is 2. The molecule has 4 nitrogen and oxygen atoms in total. The molecule has 0 radical (unpaired) electrons. The number of carbonyl (C=O) groups excluding carboxylic acids is 2. The van der Waals surface area contributed by atoms with Crippen molar-refractivity contribution in [2.75, 3.05) is 5.32 Å². The van der Waals surface area contributed by atoms with Crippen LogP contribution in [-0.4, -0.2) is 17.1 Å². The summed E-state index contributed by atoms with van der Waals surface area (Å²) < 4.78 is 0. The summed E-state index contributed by atoms with van der Waals surface area (Å²) in [4.78, 5) is 25.7. The van der Waals surface area contributed by atoms with Crippen LogP contribution in [0.2, 0.25) is 0 Å². The van der Waals surface area contributed by atoms with Crippen molar-refractivity contribution in [3.63, 3.8) is 0 Å². The number of aryl methyl sites for hydroxylation is 1. The van der Waals surface area contributed by atoms with E-state index in [1.165, 1.54) is 17.3 Å². The summed E-state index contributed by atoms with van der Waals surface area (Å²) in [6, 6.07) is 14.0. The number of carbonyl (C=O) groups is 2. The molecule has 2 aromatic rings. The van der Waals surface area contributed by atoms with E-state index in [9.17, 15) is 9.59 Å². The second-order valence-electron chi connectivity index (χ2n) is 7.16. The minimum Gasteiger partial charge on any atom is -0.345 e. The fourth-order valence-electron chi connectivity index (χ4n) is 3.25. The topological polar surface area (TPSA) is 58.2 Å². The second kappa shape index (κ2) is 6.80. The second-order valence-corrected chi connectivity index (χ2v) is 8.54. The fourth-order valence-corrected chi connectivity index (χ4v) is 4.18. The average molecular weight is 366 g/mol. The van der Waals surface area contributed by atoms with Crippen molar-refractivity contribution >= 4 is 29.3 Å². The molecule has 2 amide bonds. The summed E-state index contributed by atoms with van der Waals surface area (Å²) >= 11 is 1.52. The Kier molecular flexibility index (Phi) is 4.49. The number of amides is 2. The molecule has 0 bridgehead atoms. The molecule has 1 fully saturated rings. The summed E-state index contributed by atoms with van der Waals surface area (Å²) in [6.45, 7) is 3.94. The highest BCUT2D eigenvalue weighted by Gasteiger charge is 2.33. The molecule has 0 aromatic heterocycles. The molecular weight excluding hydrogens is 344 g/mol. The average Bonchev–Trinajstić information content (AvgIpc) is 3.46. The van der Waals surface area contributed by atoms with Crippen molar-refractivity contribution in [3.8, 4) is 0 Å². The van der Waals surface area contributed by atoms with E-state index in [0.717, 1.165) is 29.0 Å². The lowest BCUT2D eigenvalue weighted by Gasteiger charge is -2.23. The molecule has 2 aromatic carbocycles. The van der Waals surface area contributed by atoms with Crippen LogP contribution < -0.4 is 10.6 Å². The summed E-state index contributed by atoms with van der Waals surface area (Å²) in [7, 11) is 0. The Morgan fingerprint density at radius 1 is 1.19 bits per heavy atom. The first-order chi connectivity index (χ1) is 12.5. The van der Waals surface area contributed by atoms with Crippen molar-refractivity contribution < 1.29 is 9.59 Å². The first kappa shape index (κ1) is 17.2. The van der Waals surface area contributed by atoms with Crippen molar-refractivity contribution in [1.82, 2.24) is 5.32 Å². The van der Waals surface area contributed by atoms with E-state index in [1.54, 1.807) is 6.07 Å². The number of thioether (sulfide) groups is 1. The monoisotopic (exact) mass is 366 g/mol. The highest BCUT2D eigenvalue weighted by atomic mass is 32.2. The number of rotatable bonds is 4. The standard InChI is InChI=1S/C21H22N2O2S/c1-12-3-5-14(6-4-12)19(15-7-8-15)23-21(25)16-9-10-18-17(11-16)22-20(24)13(2)26-18/h3-6,9-11,13,15,19H,7-8H2,1-2H3,(H,22,24)(H,23,25). The lowest BCUT2D eigenvalue weighted by molar-refractivity contribution is -0.115. The van der Waals surface area contributed by atoms with E-state index in [1.807, 2.05) is 19.1 Å². The Morgan fingerprint density at radius 3 is 2.62 bits per heavy atom. The van der Waals surface area contributed by atoms with Gasteiger partial charge < -0.3 is 10.6 Å². The molecule has 26 heavy (non-hydrogen) atoms. The molecule has 2 unspecified atom stereocenters. The van der Waals surface area contributed by atoms with Crippen molar-refractivity contribution in [2.45, 2.75) is 42.9 Å². The van der Waals surface area contributed by atoms with Gasteiger partial charge in [0.15, 0.2) is 0 Å². The Bertz CT molecular complexity index is 859. The maximum absolute atomic E-state index is 12.8. The fraction of sp³-hybridized carbons (Fsp3) is 0.333. The third-order valence-corrected chi connectivity index (χ3v) is 6.17. The lowest BCUT2D eigenvalue weighted by Crippen LogP contribution is -2.30. The van der Waals surface area contributed by atoms with Gasteiger partial charge in [0.25, 0.3) is 5.91 Å². The summed E-state index contributed by atoms with van der Waals surface area (Å²) in [6.07, 6.45) is 2.29. The molecule has 4 rings (SSSR count). The van der Waals surface area contributed by atoms with Crippen LogP contribution in [0.25, 0.3) is 0 Å². The minimum absolute atomic E-state index is 0.0180. The van der Waals surface area contributed by atoms with E-state index in [2.05, 4.69) is 41.8 Å². The molecule has 0 saturated heterocycles. The van der Waals surface area contributed by atoms with Gasteiger partial charge in [-0.25, -0.2) is 0 Å². The molecule has 1 heterocycles. The lowest BCUT2D eigenvalue weighted by atomic mass is 10.0. The maximum atomic E-state index is 12.8. The molecule has 1 aliphatic carbocycles. The van der Waals surface area contributed by atoms with E-state index in [0.29, 0.717) is 11.5 Å². The third kappa shape index (κ3) is 3.49. The van der Waals surface area contributed by atoms with Gasteiger partial charge in [-0.3, -0.25) is 9.59 Å². The number of benzene rings is 2. The van der Waals surface area contributed by atoms with Crippen LogP contribution in [-0.2, 0) is 4.79 Å². The van der Waals surface area contributed by atoms with Gasteiger partial charge in [-0.15, -0.1) is 11.8 Å². The molecule has 0 spiro atoms. The van der Waals surface area contributed by atoms with Crippen LogP contribution in [0.3, 0.4) is 0 Å². The summed E-state index contributed by atoms with van der Waals surface area (Å²) in [5.41, 5.74) is 3.68. The summed E-state index contributed by atoms with van der Waals surface area (Å²) in [5, 5.41) is 5.98. The predicted octanol–water partition coefficient (Wildman–Crippen LogP) is 4.31. The first-order valence-electron chi connectivity index (χ1n) is 9.00. The van der Waals surface area contributed by atoms with Crippen molar-refractivity contribution in [1.29, 1.82) is 0 Å². The zero-order valence-corrected chi connectivity index (χ0v) is 15.7. The molecule has 1 aliphatic heterocycles. The van der Waals surface area contributed by atoms with Gasteiger partial charge in [-0.2, -0.15) is 0 Å². The number of anilines is 1. The van der Waals surface area contributed by atoms with E-state index >= 15 is 0 Å². The number of nitrogens with one attached hydrogen (secondary N) is 2. The van der Waals surface area contributed by atoms with Gasteiger partial charge in [0.1, 0.15) is 0 Å². The molecule has 2 aliphatic rings. The third-order valence-electron chi connectivity index (χ3n) is 4.99. The molecule has 134 valence electrons. The van der Waals surface area contributed by atoms with Gasteiger partial charge >= 0.3 is 0 Å². The SMILES string of the molecule is Cc1ccc(C(NC(=O)c2ccc3c(c2)NC(=O)C(C)S3)C2CC2)cc1. The van der Waals surface area contributed by atoms with Crippen LogP contribution in [0.15, 0.2) is 47.4 Å². The molecule has 2 N–H and O–H groups in total. The smallest absolute Gasteiger partial charge is 0.251 e. The van der Waals surface area contributed by atoms with Crippen LogP contribution in [0.1, 0.15) is 47.3 Å². The summed E-state index contributed by atoms with van der Waals surface area (Å²) in [5.74, 6) is 0.397. The van der Waals surface area contributed by atoms with E-state index < -0.39 is 0 Å². The zero-order chi connectivity index (χ0) is 18.3. The number of fused-ring (bicyclic) bond motifs is 1. The first-order valence-corrected chi connectivity index (χ1v) is 9.88. The quantitative estimate of drug-likeness (QED) is 0.848. The van der Waals surface area contributed by atoms with Crippen molar-refractivity contribution in [2.24, 2.45) is 5.92 Å². The van der Waals surface area contributed by atoms with Crippen LogP contribution in [0.5, 0.6) is 0 Å². The minimum atomic E-state index is -0.108. The molecule has 1 saturated carbocycles. The van der Waals surface area contributed by atoms with Gasteiger partial charge in [-0.05, 0) is 56.4 Å². The Hall–Kier alpha value is -2.27. The zero-order valence-electron chi connectivity index (χ0n) is 14.9. The van der Waals surface area contributed by atoms with Crippen molar-refractivity contribution in [3.05, 3.63) is 59.2 Å². The van der Waals surface area contributed by atoms with Gasteiger partial charge in [-0.1, -0.05) is 29.8 Å². The van der Waals surface area contributed by atoms with E-state index in [-0.39, 0.29) is 23.1 Å². The maximum Gasteiger partial charge on any atom is 0.251 e. The molecule has 5 heteroatoms. The molecular formula is C21H22N2O2S. The van der Waals surface area contributed by atoms with Gasteiger partial charge in [0.2, 0.25) is 5.91 Å². The van der Waals surface area contributed by atoms with Gasteiger partial charge in [0, 0.05) is 10.5 Å². The Labute approximate surface area is 157 Å². The Morgan fingerprint density at radius 2 is 1.92 bits per heavy atom. The highest BCUT2D eigenvalue weighted by molar-refractivity contribution is 8.00. The molecule has 2 atom stereocenters. The highest BCUT2D eigenvalue weighted by Crippen LogP contribution is 2.41. The van der Waals surface area contributed by atoms with Crippen LogP contribution in [0.4, 0.5) is 5.69 Å². The predicted molar refractivity (Wildman–Crippen MR) is 105 cm³/mol. The van der Waals surface area contributed by atoms with Crippen LogP contribution >= 0.6 is 11.8 Å².